The van der Waals surface area contributed by atoms with Crippen molar-refractivity contribution in [3.05, 3.63) is 41.8 Å². The van der Waals surface area contributed by atoms with Gasteiger partial charge in [0, 0.05) is 25.1 Å². The third-order valence-electron chi connectivity index (χ3n) is 3.61. The molecule has 3 rings (SSSR count). The molecule has 2 aromatic rings. The fourth-order valence-corrected chi connectivity index (χ4v) is 2.24. The van der Waals surface area contributed by atoms with Crippen molar-refractivity contribution in [2.45, 2.75) is 18.8 Å². The van der Waals surface area contributed by atoms with Crippen molar-refractivity contribution in [3.8, 4) is 11.5 Å². The summed E-state index contributed by atoms with van der Waals surface area (Å²) in [6, 6.07) is 9.57. The highest BCUT2D eigenvalue weighted by molar-refractivity contribution is 5.94. The van der Waals surface area contributed by atoms with E-state index >= 15 is 0 Å². The number of aliphatic hydroxyl groups is 1. The van der Waals surface area contributed by atoms with Gasteiger partial charge in [-0.3, -0.25) is 4.79 Å². The molecule has 5 nitrogen and oxygen atoms in total. The van der Waals surface area contributed by atoms with E-state index in [0.717, 1.165) is 18.4 Å². The van der Waals surface area contributed by atoms with Gasteiger partial charge in [-0.25, -0.2) is 4.98 Å². The van der Waals surface area contributed by atoms with Gasteiger partial charge in [0.25, 0.3) is 5.91 Å². The van der Waals surface area contributed by atoms with Crippen LogP contribution in [0.3, 0.4) is 0 Å². The van der Waals surface area contributed by atoms with Gasteiger partial charge >= 0.3 is 0 Å². The zero-order valence-electron chi connectivity index (χ0n) is 12.0. The molecule has 0 bridgehead atoms. The van der Waals surface area contributed by atoms with Gasteiger partial charge in [-0.1, -0.05) is 18.2 Å². The summed E-state index contributed by atoms with van der Waals surface area (Å²) in [6.07, 6.45) is 2.07. The second-order valence-electron chi connectivity index (χ2n) is 5.32. The van der Waals surface area contributed by atoms with Gasteiger partial charge in [0.2, 0.25) is 5.89 Å². The lowest BCUT2D eigenvalue weighted by atomic mass is 10.2. The number of amides is 1. The third-order valence-corrected chi connectivity index (χ3v) is 3.61. The first kappa shape index (κ1) is 13.8. The lowest BCUT2D eigenvalue weighted by molar-refractivity contribution is 0.0759. The Labute approximate surface area is 123 Å². The van der Waals surface area contributed by atoms with Crippen molar-refractivity contribution in [1.29, 1.82) is 0 Å². The van der Waals surface area contributed by atoms with E-state index in [1.54, 1.807) is 7.05 Å². The number of carbonyl (C=O) groups excluding carboxylic acids is 1. The predicted molar refractivity (Wildman–Crippen MR) is 78.0 cm³/mol. The molecule has 110 valence electrons. The van der Waals surface area contributed by atoms with Gasteiger partial charge in [0.05, 0.1) is 6.61 Å². The number of likely N-dealkylation sites (N-methyl/N-ethyl adjacent to an activating group) is 1. The molecule has 0 unspecified atom stereocenters. The highest BCUT2D eigenvalue weighted by atomic mass is 16.4. The number of benzene rings is 1. The lowest BCUT2D eigenvalue weighted by Crippen LogP contribution is -2.30. The normalized spacial score (nSPS) is 14.2. The van der Waals surface area contributed by atoms with Crippen LogP contribution in [0.15, 0.2) is 34.7 Å². The summed E-state index contributed by atoms with van der Waals surface area (Å²) in [5.74, 6) is 1.27. The molecule has 1 aliphatic rings. The fourth-order valence-electron chi connectivity index (χ4n) is 2.24. The molecule has 1 saturated carbocycles. The van der Waals surface area contributed by atoms with E-state index in [1.165, 1.54) is 4.90 Å². The van der Waals surface area contributed by atoms with Gasteiger partial charge in [-0.05, 0) is 25.0 Å². The summed E-state index contributed by atoms with van der Waals surface area (Å²) in [4.78, 5) is 18.3. The Hall–Kier alpha value is -2.14. The van der Waals surface area contributed by atoms with E-state index in [0.29, 0.717) is 23.3 Å². The molecule has 0 spiro atoms. The van der Waals surface area contributed by atoms with Crippen molar-refractivity contribution in [3.63, 3.8) is 0 Å². The minimum absolute atomic E-state index is 0.0651. The van der Waals surface area contributed by atoms with E-state index in [-0.39, 0.29) is 19.1 Å². The monoisotopic (exact) mass is 286 g/mol. The molecule has 0 radical (unpaired) electrons. The first-order valence-corrected chi connectivity index (χ1v) is 7.13. The first-order chi connectivity index (χ1) is 10.2. The van der Waals surface area contributed by atoms with Crippen LogP contribution in [0.2, 0.25) is 0 Å². The summed E-state index contributed by atoms with van der Waals surface area (Å²) < 4.78 is 5.85. The zero-order chi connectivity index (χ0) is 14.8. The number of carbonyl (C=O) groups is 1. The number of hydrogen-bond donors (Lipinski definition) is 1. The summed E-state index contributed by atoms with van der Waals surface area (Å²) in [6.45, 7) is 0.223. The Kier molecular flexibility index (Phi) is 3.75. The highest BCUT2D eigenvalue weighted by Gasteiger charge is 2.34. The van der Waals surface area contributed by atoms with Crippen LogP contribution in [0.25, 0.3) is 11.5 Å². The molecule has 0 atom stereocenters. The maximum Gasteiger partial charge on any atom is 0.275 e. The Morgan fingerprint density at radius 2 is 2.10 bits per heavy atom. The molecule has 1 aromatic heterocycles. The molecule has 1 fully saturated rings. The van der Waals surface area contributed by atoms with Crippen LogP contribution in [-0.2, 0) is 0 Å². The van der Waals surface area contributed by atoms with Crippen molar-refractivity contribution < 1.29 is 14.3 Å². The molecule has 0 saturated heterocycles. The Morgan fingerprint density at radius 3 is 2.71 bits per heavy atom. The summed E-state index contributed by atoms with van der Waals surface area (Å²) in [7, 11) is 1.66. The molecule has 1 N–H and O–H groups in total. The SMILES string of the molecule is CN(CCO)C(=O)c1nc(-c2ccccc2)oc1C1CC1. The van der Waals surface area contributed by atoms with Crippen LogP contribution < -0.4 is 0 Å². The second-order valence-corrected chi connectivity index (χ2v) is 5.32. The molecular weight excluding hydrogens is 268 g/mol. The molecule has 1 heterocycles. The largest absolute Gasteiger partial charge is 0.440 e. The number of aromatic nitrogens is 1. The van der Waals surface area contributed by atoms with Crippen LogP contribution in [0.1, 0.15) is 35.0 Å². The fraction of sp³-hybridized carbons (Fsp3) is 0.375. The quantitative estimate of drug-likeness (QED) is 0.915. The topological polar surface area (TPSA) is 66.6 Å². The van der Waals surface area contributed by atoms with Crippen molar-refractivity contribution in [2.75, 3.05) is 20.2 Å². The van der Waals surface area contributed by atoms with Crippen LogP contribution in [-0.4, -0.2) is 41.1 Å². The molecular formula is C16H18N2O3. The third kappa shape index (κ3) is 2.83. The number of rotatable bonds is 5. The second kappa shape index (κ2) is 5.69. The Balaban J connectivity index is 1.96. The predicted octanol–water partition coefficient (Wildman–Crippen LogP) is 2.28. The smallest absolute Gasteiger partial charge is 0.275 e. The number of hydrogen-bond acceptors (Lipinski definition) is 4. The van der Waals surface area contributed by atoms with Crippen LogP contribution in [0, 0.1) is 0 Å². The van der Waals surface area contributed by atoms with Gasteiger partial charge in [-0.2, -0.15) is 0 Å². The number of aliphatic hydroxyl groups excluding tert-OH is 1. The van der Waals surface area contributed by atoms with Gasteiger partial charge in [-0.15, -0.1) is 0 Å². The molecule has 21 heavy (non-hydrogen) atoms. The van der Waals surface area contributed by atoms with E-state index < -0.39 is 0 Å². The first-order valence-electron chi connectivity index (χ1n) is 7.13. The minimum atomic E-state index is -0.197. The molecule has 5 heteroatoms. The molecule has 1 aromatic carbocycles. The van der Waals surface area contributed by atoms with Gasteiger partial charge in [0.15, 0.2) is 5.69 Å². The molecule has 1 amide bonds. The summed E-state index contributed by atoms with van der Waals surface area (Å²) in [5.41, 5.74) is 1.25. The highest BCUT2D eigenvalue weighted by Crippen LogP contribution is 2.43. The van der Waals surface area contributed by atoms with Crippen molar-refractivity contribution >= 4 is 5.91 Å². The lowest BCUT2D eigenvalue weighted by Gasteiger charge is -2.14. The van der Waals surface area contributed by atoms with E-state index in [9.17, 15) is 4.79 Å². The van der Waals surface area contributed by atoms with Gasteiger partial charge in [0.1, 0.15) is 5.76 Å². The van der Waals surface area contributed by atoms with Crippen molar-refractivity contribution in [1.82, 2.24) is 9.88 Å². The molecule has 0 aliphatic heterocycles. The summed E-state index contributed by atoms with van der Waals surface area (Å²) in [5, 5.41) is 8.97. The van der Waals surface area contributed by atoms with Gasteiger partial charge < -0.3 is 14.4 Å². The van der Waals surface area contributed by atoms with Crippen LogP contribution in [0.4, 0.5) is 0 Å². The standard InChI is InChI=1S/C16H18N2O3/c1-18(9-10-19)16(20)13-14(11-7-8-11)21-15(17-13)12-5-3-2-4-6-12/h2-6,11,19H,7-10H2,1H3. The van der Waals surface area contributed by atoms with E-state index in [1.807, 2.05) is 30.3 Å². The Morgan fingerprint density at radius 1 is 1.38 bits per heavy atom. The number of nitrogens with zero attached hydrogens (tertiary/aromatic N) is 2. The van der Waals surface area contributed by atoms with Crippen LogP contribution >= 0.6 is 0 Å². The number of oxazole rings is 1. The Bertz CT molecular complexity index is 632. The van der Waals surface area contributed by atoms with E-state index in [2.05, 4.69) is 4.98 Å². The average Bonchev–Trinajstić information content (AvgIpc) is 3.26. The van der Waals surface area contributed by atoms with Crippen LogP contribution in [0.5, 0.6) is 0 Å². The summed E-state index contributed by atoms with van der Waals surface area (Å²) >= 11 is 0. The van der Waals surface area contributed by atoms with Crippen molar-refractivity contribution in [2.24, 2.45) is 0 Å². The average molecular weight is 286 g/mol. The maximum absolute atomic E-state index is 12.4. The van der Waals surface area contributed by atoms with E-state index in [4.69, 9.17) is 9.52 Å². The molecule has 1 aliphatic carbocycles. The zero-order valence-corrected chi connectivity index (χ0v) is 12.0. The maximum atomic E-state index is 12.4. The minimum Gasteiger partial charge on any atom is -0.440 e.